The average Bonchev–Trinajstić information content (AvgIpc) is 2.49. The molecule has 0 spiro atoms. The molecule has 0 unspecified atom stereocenters. The Morgan fingerprint density at radius 3 is 2.61 bits per heavy atom. The number of benzene rings is 2. The molecule has 0 fully saturated rings. The second kappa shape index (κ2) is 7.74. The molecule has 2 N–H and O–H groups in total. The molecule has 0 saturated carbocycles. The first-order valence-electron chi connectivity index (χ1n) is 7.01. The average molecular weight is 335 g/mol. The van der Waals surface area contributed by atoms with Crippen molar-refractivity contribution in [1.82, 2.24) is 5.32 Å². The lowest BCUT2D eigenvalue weighted by molar-refractivity contribution is -0.126. The van der Waals surface area contributed by atoms with Crippen molar-refractivity contribution in [2.45, 2.75) is 19.9 Å². The van der Waals surface area contributed by atoms with Gasteiger partial charge in [-0.05, 0) is 30.7 Å². The lowest BCUT2D eigenvalue weighted by Gasteiger charge is -2.08. The second-order valence-corrected chi connectivity index (χ2v) is 5.53. The number of halogens is 2. The molecular formula is C17H16ClFN2O2. The molecule has 2 rings (SSSR count). The van der Waals surface area contributed by atoms with E-state index in [1.165, 1.54) is 12.1 Å². The van der Waals surface area contributed by atoms with E-state index in [9.17, 15) is 14.0 Å². The fourth-order valence-electron chi connectivity index (χ4n) is 2.01. The minimum absolute atomic E-state index is 0.0910. The minimum Gasteiger partial charge on any atom is -0.352 e. The maximum atomic E-state index is 13.0. The molecule has 2 amide bonds. The quantitative estimate of drug-likeness (QED) is 0.823. The van der Waals surface area contributed by atoms with Crippen LogP contribution in [0.5, 0.6) is 0 Å². The van der Waals surface area contributed by atoms with Gasteiger partial charge in [-0.15, -0.1) is 0 Å². The van der Waals surface area contributed by atoms with Crippen LogP contribution >= 0.6 is 11.6 Å². The van der Waals surface area contributed by atoms with Gasteiger partial charge in [-0.3, -0.25) is 9.59 Å². The summed E-state index contributed by atoms with van der Waals surface area (Å²) in [5, 5.41) is 5.08. The van der Waals surface area contributed by atoms with Crippen LogP contribution in [0, 0.1) is 12.7 Å². The normalized spacial score (nSPS) is 10.2. The van der Waals surface area contributed by atoms with Crippen LogP contribution in [0.2, 0.25) is 5.02 Å². The van der Waals surface area contributed by atoms with Crippen LogP contribution in [0.1, 0.15) is 17.5 Å². The molecule has 2 aromatic rings. The third kappa shape index (κ3) is 5.38. The summed E-state index contributed by atoms with van der Waals surface area (Å²) in [7, 11) is 0. The summed E-state index contributed by atoms with van der Waals surface area (Å²) in [5.74, 6) is -1.45. The summed E-state index contributed by atoms with van der Waals surface area (Å²) >= 11 is 5.63. The van der Waals surface area contributed by atoms with Crippen LogP contribution in [0.3, 0.4) is 0 Å². The van der Waals surface area contributed by atoms with Crippen LogP contribution in [0.25, 0.3) is 0 Å². The highest BCUT2D eigenvalue weighted by atomic mass is 35.5. The van der Waals surface area contributed by atoms with E-state index in [-0.39, 0.29) is 11.4 Å². The molecule has 0 heterocycles. The first-order valence-corrected chi connectivity index (χ1v) is 7.39. The number of carbonyl (C=O) groups is 2. The van der Waals surface area contributed by atoms with Gasteiger partial charge in [0.15, 0.2) is 0 Å². The lowest BCUT2D eigenvalue weighted by atomic mass is 10.1. The van der Waals surface area contributed by atoms with Gasteiger partial charge in [0.05, 0.1) is 5.02 Å². The number of hydrogen-bond donors (Lipinski definition) is 2. The van der Waals surface area contributed by atoms with Gasteiger partial charge in [-0.1, -0.05) is 41.4 Å². The van der Waals surface area contributed by atoms with Gasteiger partial charge >= 0.3 is 0 Å². The van der Waals surface area contributed by atoms with Crippen molar-refractivity contribution in [2.75, 3.05) is 5.32 Å². The van der Waals surface area contributed by atoms with E-state index in [0.29, 0.717) is 12.2 Å². The van der Waals surface area contributed by atoms with Crippen molar-refractivity contribution in [3.05, 3.63) is 64.4 Å². The van der Waals surface area contributed by atoms with Crippen molar-refractivity contribution < 1.29 is 14.0 Å². The maximum Gasteiger partial charge on any atom is 0.233 e. The molecule has 120 valence electrons. The van der Waals surface area contributed by atoms with E-state index >= 15 is 0 Å². The fourth-order valence-corrected chi connectivity index (χ4v) is 2.19. The summed E-state index contributed by atoms with van der Waals surface area (Å²) in [6.07, 6.45) is -0.319. The molecule has 0 aliphatic heterocycles. The Balaban J connectivity index is 1.82. The molecule has 0 saturated heterocycles. The van der Waals surface area contributed by atoms with Gasteiger partial charge in [0.1, 0.15) is 12.2 Å². The van der Waals surface area contributed by atoms with E-state index in [2.05, 4.69) is 10.6 Å². The Morgan fingerprint density at radius 1 is 1.13 bits per heavy atom. The van der Waals surface area contributed by atoms with E-state index < -0.39 is 17.6 Å². The third-order valence-electron chi connectivity index (χ3n) is 3.10. The van der Waals surface area contributed by atoms with Gasteiger partial charge in [-0.25, -0.2) is 4.39 Å². The highest BCUT2D eigenvalue weighted by Gasteiger charge is 2.10. The van der Waals surface area contributed by atoms with Crippen molar-refractivity contribution in [2.24, 2.45) is 0 Å². The molecule has 4 nitrogen and oxygen atoms in total. The summed E-state index contributed by atoms with van der Waals surface area (Å²) in [6.45, 7) is 2.32. The maximum absolute atomic E-state index is 13.0. The first-order chi connectivity index (χ1) is 10.9. The molecule has 0 aliphatic rings. The highest BCUT2D eigenvalue weighted by Crippen LogP contribution is 2.19. The van der Waals surface area contributed by atoms with E-state index in [0.717, 1.165) is 17.2 Å². The number of carbonyl (C=O) groups excluding carboxylic acids is 2. The smallest absolute Gasteiger partial charge is 0.233 e. The van der Waals surface area contributed by atoms with Crippen LogP contribution in [-0.4, -0.2) is 11.8 Å². The number of nitrogens with one attached hydrogen (secondary N) is 2. The standard InChI is InChI=1S/C17H16ClFN2O2/c1-11-3-2-4-12(7-11)10-20-16(22)9-17(23)21-13-5-6-15(19)14(18)8-13/h2-8H,9-10H2,1H3,(H,20,22)(H,21,23). The zero-order valence-electron chi connectivity index (χ0n) is 12.5. The topological polar surface area (TPSA) is 58.2 Å². The number of hydrogen-bond acceptors (Lipinski definition) is 2. The number of rotatable bonds is 5. The van der Waals surface area contributed by atoms with Crippen molar-refractivity contribution in [3.63, 3.8) is 0 Å². The van der Waals surface area contributed by atoms with Crippen LogP contribution in [0.4, 0.5) is 10.1 Å². The van der Waals surface area contributed by atoms with E-state index in [1.807, 2.05) is 31.2 Å². The lowest BCUT2D eigenvalue weighted by Crippen LogP contribution is -2.27. The third-order valence-corrected chi connectivity index (χ3v) is 3.39. The Kier molecular flexibility index (Phi) is 5.71. The van der Waals surface area contributed by atoms with Gasteiger partial charge in [0.25, 0.3) is 0 Å². The monoisotopic (exact) mass is 334 g/mol. The van der Waals surface area contributed by atoms with Gasteiger partial charge in [-0.2, -0.15) is 0 Å². The largest absolute Gasteiger partial charge is 0.352 e. The number of anilines is 1. The van der Waals surface area contributed by atoms with Crippen molar-refractivity contribution >= 4 is 29.1 Å². The van der Waals surface area contributed by atoms with Gasteiger partial charge < -0.3 is 10.6 Å². The Hall–Kier alpha value is -2.40. The highest BCUT2D eigenvalue weighted by molar-refractivity contribution is 6.31. The molecule has 0 atom stereocenters. The van der Waals surface area contributed by atoms with E-state index in [4.69, 9.17) is 11.6 Å². The molecular weight excluding hydrogens is 319 g/mol. The summed E-state index contributed by atoms with van der Waals surface area (Å²) < 4.78 is 13.0. The summed E-state index contributed by atoms with van der Waals surface area (Å²) in [4.78, 5) is 23.5. The summed E-state index contributed by atoms with van der Waals surface area (Å²) in [6, 6.07) is 11.5. The molecule has 6 heteroatoms. The van der Waals surface area contributed by atoms with Crippen molar-refractivity contribution in [3.8, 4) is 0 Å². The molecule has 2 aromatic carbocycles. The zero-order chi connectivity index (χ0) is 16.8. The number of aryl methyl sites for hydroxylation is 1. The van der Waals surface area contributed by atoms with Crippen molar-refractivity contribution in [1.29, 1.82) is 0 Å². The minimum atomic E-state index is -0.569. The van der Waals surface area contributed by atoms with Crippen LogP contribution in [-0.2, 0) is 16.1 Å². The predicted molar refractivity (Wildman–Crippen MR) is 87.7 cm³/mol. The Bertz CT molecular complexity index is 734. The fraction of sp³-hybridized carbons (Fsp3) is 0.176. The molecule has 23 heavy (non-hydrogen) atoms. The Labute approximate surface area is 138 Å². The van der Waals surface area contributed by atoms with Crippen LogP contribution < -0.4 is 10.6 Å². The zero-order valence-corrected chi connectivity index (χ0v) is 13.3. The first kappa shape index (κ1) is 17.0. The van der Waals surface area contributed by atoms with Crippen LogP contribution in [0.15, 0.2) is 42.5 Å². The predicted octanol–water partition coefficient (Wildman–Crippen LogP) is 3.43. The molecule has 0 aromatic heterocycles. The van der Waals surface area contributed by atoms with Gasteiger partial charge in [0.2, 0.25) is 11.8 Å². The SMILES string of the molecule is Cc1cccc(CNC(=O)CC(=O)Nc2ccc(F)c(Cl)c2)c1. The molecule has 0 aliphatic carbocycles. The Morgan fingerprint density at radius 2 is 1.91 bits per heavy atom. The molecule has 0 bridgehead atoms. The second-order valence-electron chi connectivity index (χ2n) is 5.12. The van der Waals surface area contributed by atoms with Gasteiger partial charge in [0, 0.05) is 12.2 Å². The summed E-state index contributed by atoms with van der Waals surface area (Å²) in [5.41, 5.74) is 2.40. The van der Waals surface area contributed by atoms with E-state index in [1.54, 1.807) is 0 Å². The number of amides is 2. The molecule has 0 radical (unpaired) electrons.